The zero-order valence-corrected chi connectivity index (χ0v) is 12.0. The van der Waals surface area contributed by atoms with E-state index in [4.69, 9.17) is 0 Å². The largest absolute Gasteiger partial charge is 0.405 e. The van der Waals surface area contributed by atoms with Gasteiger partial charge in [-0.2, -0.15) is 24.9 Å². The molecule has 0 spiro atoms. The molecular formula is C12H21F3N2OS. The quantitative estimate of drug-likeness (QED) is 0.791. The molecule has 0 radical (unpaired) electrons. The Labute approximate surface area is 116 Å². The third-order valence-corrected chi connectivity index (χ3v) is 4.36. The highest BCUT2D eigenvalue weighted by atomic mass is 32.2. The molecule has 1 saturated carbocycles. The van der Waals surface area contributed by atoms with Gasteiger partial charge >= 0.3 is 6.18 Å². The second-order valence-corrected chi connectivity index (χ2v) is 6.39. The summed E-state index contributed by atoms with van der Waals surface area (Å²) in [7, 11) is 0. The lowest BCUT2D eigenvalue weighted by molar-refractivity contribution is -0.139. The van der Waals surface area contributed by atoms with E-state index in [9.17, 15) is 18.0 Å². The van der Waals surface area contributed by atoms with Crippen molar-refractivity contribution in [3.8, 4) is 0 Å². The Kier molecular flexibility index (Phi) is 6.46. The molecule has 0 heterocycles. The number of nitrogens with one attached hydrogen (secondary N) is 2. The van der Waals surface area contributed by atoms with Crippen molar-refractivity contribution in [1.82, 2.24) is 10.6 Å². The summed E-state index contributed by atoms with van der Waals surface area (Å²) in [6, 6.07) is -0.353. The number of hydrogen-bond acceptors (Lipinski definition) is 3. The van der Waals surface area contributed by atoms with Crippen LogP contribution in [0.2, 0.25) is 0 Å². The average molecular weight is 298 g/mol. The first-order chi connectivity index (χ1) is 8.81. The van der Waals surface area contributed by atoms with Crippen molar-refractivity contribution in [3.63, 3.8) is 0 Å². The van der Waals surface area contributed by atoms with E-state index in [1.165, 1.54) is 0 Å². The maximum atomic E-state index is 12.0. The van der Waals surface area contributed by atoms with E-state index < -0.39 is 24.7 Å². The Bertz CT molecular complexity index is 299. The van der Waals surface area contributed by atoms with Crippen LogP contribution in [0.15, 0.2) is 0 Å². The van der Waals surface area contributed by atoms with Crippen LogP contribution in [0.25, 0.3) is 0 Å². The minimum Gasteiger partial charge on any atom is -0.346 e. The van der Waals surface area contributed by atoms with Crippen LogP contribution < -0.4 is 10.6 Å². The van der Waals surface area contributed by atoms with Crippen LogP contribution in [0.1, 0.15) is 33.1 Å². The number of carbonyl (C=O) groups excluding carboxylic acids is 1. The van der Waals surface area contributed by atoms with Gasteiger partial charge < -0.3 is 10.6 Å². The van der Waals surface area contributed by atoms with Gasteiger partial charge in [0.25, 0.3) is 0 Å². The third kappa shape index (κ3) is 6.51. The molecule has 2 N–H and O–H groups in total. The van der Waals surface area contributed by atoms with Crippen molar-refractivity contribution in [1.29, 1.82) is 0 Å². The second-order valence-electron chi connectivity index (χ2n) is 4.81. The minimum absolute atomic E-state index is 0.232. The third-order valence-electron chi connectivity index (χ3n) is 3.13. The van der Waals surface area contributed by atoms with E-state index in [0.717, 1.165) is 25.0 Å². The number of amides is 1. The molecular weight excluding hydrogens is 277 g/mol. The van der Waals surface area contributed by atoms with Gasteiger partial charge in [0.1, 0.15) is 6.54 Å². The van der Waals surface area contributed by atoms with Crippen LogP contribution in [-0.2, 0) is 4.79 Å². The van der Waals surface area contributed by atoms with Crippen molar-refractivity contribution in [2.24, 2.45) is 0 Å². The minimum atomic E-state index is -4.36. The van der Waals surface area contributed by atoms with Crippen LogP contribution in [0, 0.1) is 0 Å². The zero-order chi connectivity index (χ0) is 14.5. The molecule has 0 aromatic rings. The summed E-state index contributed by atoms with van der Waals surface area (Å²) in [4.78, 5) is 11.5. The van der Waals surface area contributed by atoms with E-state index >= 15 is 0 Å². The maximum absolute atomic E-state index is 12.0. The second kappa shape index (κ2) is 7.38. The van der Waals surface area contributed by atoms with Crippen molar-refractivity contribution in [2.45, 2.75) is 56.6 Å². The fraction of sp³-hybridized carbons (Fsp3) is 0.917. The predicted molar refractivity (Wildman–Crippen MR) is 71.2 cm³/mol. The highest BCUT2D eigenvalue weighted by molar-refractivity contribution is 7.99. The topological polar surface area (TPSA) is 41.1 Å². The number of hydrogen-bond donors (Lipinski definition) is 2. The van der Waals surface area contributed by atoms with Crippen LogP contribution >= 0.6 is 11.8 Å². The van der Waals surface area contributed by atoms with Gasteiger partial charge in [0.15, 0.2) is 0 Å². The monoisotopic (exact) mass is 298 g/mol. The SMILES string of the molecule is CCSC1CCC(NC(C)C(=O)NCC(F)(F)F)C1. The van der Waals surface area contributed by atoms with Crippen molar-refractivity contribution >= 4 is 17.7 Å². The molecule has 0 aliphatic heterocycles. The van der Waals surface area contributed by atoms with Gasteiger partial charge in [0.05, 0.1) is 6.04 Å². The number of rotatable bonds is 6. The maximum Gasteiger partial charge on any atom is 0.405 e. The summed E-state index contributed by atoms with van der Waals surface area (Å²) in [6.45, 7) is 2.45. The molecule has 0 aromatic carbocycles. The lowest BCUT2D eigenvalue weighted by Gasteiger charge is -2.19. The van der Waals surface area contributed by atoms with Crippen molar-refractivity contribution < 1.29 is 18.0 Å². The molecule has 0 aromatic heterocycles. The highest BCUT2D eigenvalue weighted by Gasteiger charge is 2.30. The Morgan fingerprint density at radius 2 is 2.11 bits per heavy atom. The zero-order valence-electron chi connectivity index (χ0n) is 11.2. The van der Waals surface area contributed by atoms with Crippen LogP contribution in [0.3, 0.4) is 0 Å². The van der Waals surface area contributed by atoms with Gasteiger partial charge in [-0.05, 0) is 31.9 Å². The normalized spacial score (nSPS) is 25.3. The van der Waals surface area contributed by atoms with Gasteiger partial charge in [0, 0.05) is 11.3 Å². The summed E-state index contributed by atoms with van der Waals surface area (Å²) < 4.78 is 35.9. The molecule has 3 nitrogen and oxygen atoms in total. The molecule has 112 valence electrons. The summed E-state index contributed by atoms with van der Waals surface area (Å²) >= 11 is 1.90. The van der Waals surface area contributed by atoms with Crippen LogP contribution in [0.5, 0.6) is 0 Å². The Balaban J connectivity index is 2.27. The lowest BCUT2D eigenvalue weighted by Crippen LogP contribution is -2.48. The van der Waals surface area contributed by atoms with Gasteiger partial charge in [0.2, 0.25) is 5.91 Å². The van der Waals surface area contributed by atoms with Crippen molar-refractivity contribution in [3.05, 3.63) is 0 Å². The van der Waals surface area contributed by atoms with Crippen LogP contribution in [0.4, 0.5) is 13.2 Å². The summed E-state index contributed by atoms with van der Waals surface area (Å²) in [5.41, 5.74) is 0. The van der Waals surface area contributed by atoms with E-state index in [1.807, 2.05) is 17.1 Å². The lowest BCUT2D eigenvalue weighted by atomic mass is 10.2. The number of alkyl halides is 3. The first kappa shape index (κ1) is 16.6. The summed E-state index contributed by atoms with van der Waals surface area (Å²) in [5.74, 6) is 0.475. The Morgan fingerprint density at radius 1 is 1.42 bits per heavy atom. The molecule has 3 unspecified atom stereocenters. The summed E-state index contributed by atoms with van der Waals surface area (Å²) in [5, 5.41) is 5.62. The fourth-order valence-electron chi connectivity index (χ4n) is 2.25. The molecule has 1 fully saturated rings. The molecule has 1 aliphatic carbocycles. The average Bonchev–Trinajstić information content (AvgIpc) is 2.73. The van der Waals surface area contributed by atoms with E-state index in [2.05, 4.69) is 12.2 Å². The molecule has 1 amide bonds. The van der Waals surface area contributed by atoms with Crippen molar-refractivity contribution in [2.75, 3.05) is 12.3 Å². The molecule has 3 atom stereocenters. The predicted octanol–water partition coefficient (Wildman–Crippen LogP) is 2.32. The number of halogens is 3. The van der Waals surface area contributed by atoms with E-state index in [0.29, 0.717) is 5.25 Å². The smallest absolute Gasteiger partial charge is 0.346 e. The first-order valence-corrected chi connectivity index (χ1v) is 7.58. The molecule has 0 saturated heterocycles. The van der Waals surface area contributed by atoms with Gasteiger partial charge in [-0.15, -0.1) is 0 Å². The number of carbonyl (C=O) groups is 1. The molecule has 0 bridgehead atoms. The molecule has 7 heteroatoms. The van der Waals surface area contributed by atoms with Gasteiger partial charge in [-0.1, -0.05) is 6.92 Å². The van der Waals surface area contributed by atoms with Gasteiger partial charge in [-0.25, -0.2) is 0 Å². The van der Waals surface area contributed by atoms with E-state index in [1.54, 1.807) is 6.92 Å². The molecule has 19 heavy (non-hydrogen) atoms. The van der Waals surface area contributed by atoms with E-state index in [-0.39, 0.29) is 6.04 Å². The van der Waals surface area contributed by atoms with Crippen LogP contribution in [-0.4, -0.2) is 41.7 Å². The number of thioether (sulfide) groups is 1. The van der Waals surface area contributed by atoms with Gasteiger partial charge in [-0.3, -0.25) is 4.79 Å². The Morgan fingerprint density at radius 3 is 2.68 bits per heavy atom. The highest BCUT2D eigenvalue weighted by Crippen LogP contribution is 2.29. The summed E-state index contributed by atoms with van der Waals surface area (Å²) in [6.07, 6.45) is -1.29. The fourth-order valence-corrected chi connectivity index (χ4v) is 3.39. The first-order valence-electron chi connectivity index (χ1n) is 6.54. The Hall–Kier alpha value is -0.430. The molecule has 1 rings (SSSR count). The standard InChI is InChI=1S/C12H21F3N2OS/c1-3-19-10-5-4-9(6-10)17-8(2)11(18)16-7-12(13,14)15/h8-10,17H,3-7H2,1-2H3,(H,16,18). The molecule has 1 aliphatic rings.